The van der Waals surface area contributed by atoms with Crippen LogP contribution in [0.15, 0.2) is 18.3 Å². The average molecular weight is 277 g/mol. The van der Waals surface area contributed by atoms with Gasteiger partial charge in [0.05, 0.1) is 0 Å². The second-order valence-electron chi connectivity index (χ2n) is 6.36. The summed E-state index contributed by atoms with van der Waals surface area (Å²) in [6.45, 7) is 3.63. The van der Waals surface area contributed by atoms with Crippen molar-refractivity contribution in [3.63, 3.8) is 0 Å². The van der Waals surface area contributed by atoms with Gasteiger partial charge in [-0.1, -0.05) is 11.6 Å². The molecule has 4 rings (SSSR count). The molecule has 5 heteroatoms. The van der Waals surface area contributed by atoms with E-state index >= 15 is 0 Å². The van der Waals surface area contributed by atoms with E-state index in [1.165, 1.54) is 25.9 Å². The molecular formula is C14H17ClN4. The minimum atomic E-state index is 0.463. The zero-order chi connectivity index (χ0) is 13.0. The molecule has 1 spiro atoms. The number of aromatic nitrogens is 3. The monoisotopic (exact) mass is 276 g/mol. The van der Waals surface area contributed by atoms with Crippen molar-refractivity contribution in [3.8, 4) is 0 Å². The Labute approximate surface area is 117 Å². The van der Waals surface area contributed by atoms with Crippen molar-refractivity contribution in [2.24, 2.45) is 11.3 Å². The molecule has 1 aliphatic heterocycles. The van der Waals surface area contributed by atoms with Gasteiger partial charge in [0.25, 0.3) is 0 Å². The van der Waals surface area contributed by atoms with Crippen LogP contribution >= 0.6 is 11.6 Å². The maximum absolute atomic E-state index is 5.86. The van der Waals surface area contributed by atoms with Crippen LogP contribution in [0.5, 0.6) is 0 Å². The SMILES string of the molecule is CN1CC2(CC(Cn3ccc4cc(Cl)nnc43)C2)C1. The van der Waals surface area contributed by atoms with E-state index in [4.69, 9.17) is 11.6 Å². The fraction of sp³-hybridized carbons (Fsp3) is 0.571. The Morgan fingerprint density at radius 3 is 2.89 bits per heavy atom. The summed E-state index contributed by atoms with van der Waals surface area (Å²) in [6, 6.07) is 3.95. The Balaban J connectivity index is 1.48. The molecule has 0 N–H and O–H groups in total. The number of halogens is 1. The van der Waals surface area contributed by atoms with Crippen LogP contribution in [0, 0.1) is 11.3 Å². The number of hydrogen-bond acceptors (Lipinski definition) is 3. The molecule has 2 aromatic rings. The van der Waals surface area contributed by atoms with Crippen molar-refractivity contribution in [1.29, 1.82) is 0 Å². The van der Waals surface area contributed by atoms with Crippen molar-refractivity contribution in [1.82, 2.24) is 19.7 Å². The van der Waals surface area contributed by atoms with Gasteiger partial charge in [-0.05, 0) is 43.4 Å². The van der Waals surface area contributed by atoms with Gasteiger partial charge in [0.15, 0.2) is 10.8 Å². The van der Waals surface area contributed by atoms with Crippen molar-refractivity contribution in [3.05, 3.63) is 23.5 Å². The van der Waals surface area contributed by atoms with Crippen LogP contribution in [0.3, 0.4) is 0 Å². The van der Waals surface area contributed by atoms with Crippen LogP contribution < -0.4 is 0 Å². The number of likely N-dealkylation sites (tertiary alicyclic amines) is 1. The Hall–Kier alpha value is -1.13. The van der Waals surface area contributed by atoms with Crippen LogP contribution in [0.25, 0.3) is 11.0 Å². The van der Waals surface area contributed by atoms with Crippen molar-refractivity contribution in [2.45, 2.75) is 19.4 Å². The van der Waals surface area contributed by atoms with E-state index in [1.54, 1.807) is 0 Å². The first-order valence-electron chi connectivity index (χ1n) is 6.80. The minimum absolute atomic E-state index is 0.463. The lowest BCUT2D eigenvalue weighted by molar-refractivity contribution is -0.0853. The fourth-order valence-corrected chi connectivity index (χ4v) is 4.19. The molecule has 4 nitrogen and oxygen atoms in total. The van der Waals surface area contributed by atoms with Crippen molar-refractivity contribution in [2.75, 3.05) is 20.1 Å². The smallest absolute Gasteiger partial charge is 0.162 e. The summed E-state index contributed by atoms with van der Waals surface area (Å²) in [5, 5.41) is 9.70. The topological polar surface area (TPSA) is 34.0 Å². The van der Waals surface area contributed by atoms with Gasteiger partial charge in [0.1, 0.15) is 0 Å². The quantitative estimate of drug-likeness (QED) is 0.845. The maximum atomic E-state index is 5.86. The van der Waals surface area contributed by atoms with E-state index in [9.17, 15) is 0 Å². The summed E-state index contributed by atoms with van der Waals surface area (Å²) < 4.78 is 2.22. The Kier molecular flexibility index (Phi) is 2.42. The van der Waals surface area contributed by atoms with E-state index in [2.05, 4.69) is 39.0 Å². The molecule has 1 saturated heterocycles. The zero-order valence-corrected chi connectivity index (χ0v) is 11.8. The molecule has 3 heterocycles. The van der Waals surface area contributed by atoms with Gasteiger partial charge in [-0.25, -0.2) is 0 Å². The highest BCUT2D eigenvalue weighted by Crippen LogP contribution is 2.51. The standard InChI is InChI=1S/C14H17ClN4/c1-18-8-14(9-18)5-10(6-14)7-19-3-2-11-4-12(15)16-17-13(11)19/h2-4,10H,5-9H2,1H3. The van der Waals surface area contributed by atoms with Gasteiger partial charge in [-0.15, -0.1) is 10.2 Å². The van der Waals surface area contributed by atoms with Crippen molar-refractivity contribution >= 4 is 22.6 Å². The van der Waals surface area contributed by atoms with Crippen LogP contribution in [0.4, 0.5) is 0 Å². The molecule has 19 heavy (non-hydrogen) atoms. The molecule has 100 valence electrons. The predicted octanol–water partition coefficient (Wildman–Crippen LogP) is 2.43. The summed E-state index contributed by atoms with van der Waals surface area (Å²) in [5.74, 6) is 0.793. The normalized spacial score (nSPS) is 22.6. The molecule has 0 unspecified atom stereocenters. The lowest BCUT2D eigenvalue weighted by atomic mass is 9.58. The molecule has 0 radical (unpaired) electrons. The Morgan fingerprint density at radius 1 is 1.37 bits per heavy atom. The summed E-state index contributed by atoms with van der Waals surface area (Å²) in [5.41, 5.74) is 1.60. The molecule has 0 atom stereocenters. The molecule has 1 aliphatic carbocycles. The molecule has 0 bridgehead atoms. The summed E-state index contributed by atoms with van der Waals surface area (Å²) in [6.07, 6.45) is 4.82. The molecular weight excluding hydrogens is 260 g/mol. The highest BCUT2D eigenvalue weighted by Gasteiger charge is 2.50. The molecule has 2 aliphatic rings. The second kappa shape index (κ2) is 3.93. The fourth-order valence-electron chi connectivity index (χ4n) is 4.04. The van der Waals surface area contributed by atoms with Gasteiger partial charge in [0, 0.05) is 31.2 Å². The van der Waals surface area contributed by atoms with E-state index < -0.39 is 0 Å². The van der Waals surface area contributed by atoms with Crippen LogP contribution in [0.1, 0.15) is 12.8 Å². The highest BCUT2D eigenvalue weighted by molar-refractivity contribution is 6.29. The molecule has 0 amide bonds. The number of fused-ring (bicyclic) bond motifs is 1. The Bertz CT molecular complexity index is 621. The molecule has 2 fully saturated rings. The first-order valence-corrected chi connectivity index (χ1v) is 7.18. The largest absolute Gasteiger partial charge is 0.331 e. The second-order valence-corrected chi connectivity index (χ2v) is 6.75. The zero-order valence-electron chi connectivity index (χ0n) is 11.0. The molecule has 1 saturated carbocycles. The van der Waals surface area contributed by atoms with Crippen LogP contribution in [-0.4, -0.2) is 39.8 Å². The van der Waals surface area contributed by atoms with Crippen molar-refractivity contribution < 1.29 is 0 Å². The Morgan fingerprint density at radius 2 is 2.16 bits per heavy atom. The number of rotatable bonds is 2. The summed E-state index contributed by atoms with van der Waals surface area (Å²) in [4.78, 5) is 2.41. The summed E-state index contributed by atoms with van der Waals surface area (Å²) >= 11 is 5.86. The van der Waals surface area contributed by atoms with Gasteiger partial charge < -0.3 is 9.47 Å². The van der Waals surface area contributed by atoms with Gasteiger partial charge >= 0.3 is 0 Å². The maximum Gasteiger partial charge on any atom is 0.162 e. The van der Waals surface area contributed by atoms with Crippen LogP contribution in [0.2, 0.25) is 5.15 Å². The van der Waals surface area contributed by atoms with Gasteiger partial charge in [-0.3, -0.25) is 0 Å². The number of nitrogens with zero attached hydrogens (tertiary/aromatic N) is 4. The first kappa shape index (κ1) is 11.7. The van der Waals surface area contributed by atoms with Gasteiger partial charge in [0.2, 0.25) is 0 Å². The lowest BCUT2D eigenvalue weighted by Gasteiger charge is -2.58. The van der Waals surface area contributed by atoms with E-state index in [-0.39, 0.29) is 0 Å². The van der Waals surface area contributed by atoms with E-state index in [1.807, 2.05) is 6.07 Å². The van der Waals surface area contributed by atoms with Gasteiger partial charge in [-0.2, -0.15) is 0 Å². The number of hydrogen-bond donors (Lipinski definition) is 0. The molecule has 0 aromatic carbocycles. The lowest BCUT2D eigenvalue weighted by Crippen LogP contribution is -2.61. The predicted molar refractivity (Wildman–Crippen MR) is 75.2 cm³/mol. The third kappa shape index (κ3) is 1.85. The first-order chi connectivity index (χ1) is 9.13. The highest BCUT2D eigenvalue weighted by atomic mass is 35.5. The van der Waals surface area contributed by atoms with Crippen LogP contribution in [-0.2, 0) is 6.54 Å². The summed E-state index contributed by atoms with van der Waals surface area (Å²) in [7, 11) is 2.21. The average Bonchev–Trinajstić information content (AvgIpc) is 2.67. The van der Waals surface area contributed by atoms with E-state index in [0.29, 0.717) is 10.6 Å². The third-order valence-corrected chi connectivity index (χ3v) is 4.77. The molecule has 2 aromatic heterocycles. The minimum Gasteiger partial charge on any atom is -0.331 e. The van der Waals surface area contributed by atoms with E-state index in [0.717, 1.165) is 23.5 Å². The third-order valence-electron chi connectivity index (χ3n) is 4.59.